The van der Waals surface area contributed by atoms with E-state index in [4.69, 9.17) is 4.98 Å². The van der Waals surface area contributed by atoms with Gasteiger partial charge in [-0.15, -0.1) is 11.3 Å². The Morgan fingerprint density at radius 3 is 2.80 bits per heavy atom. The van der Waals surface area contributed by atoms with Crippen LogP contribution in [0.3, 0.4) is 0 Å². The van der Waals surface area contributed by atoms with E-state index in [0.29, 0.717) is 6.04 Å². The zero-order valence-electron chi connectivity index (χ0n) is 11.9. The first-order valence-corrected chi connectivity index (χ1v) is 7.97. The maximum Gasteiger partial charge on any atom is 0.124 e. The standard InChI is InChI=1S/C16H19FN2S/c1-3-14-15(9-18-13-4-5-13)20-16(19-14)11-6-10(2)7-12(17)8-11/h6-8,13,18H,3-5,9H2,1-2H3. The molecule has 2 aromatic rings. The smallest absolute Gasteiger partial charge is 0.124 e. The summed E-state index contributed by atoms with van der Waals surface area (Å²) in [5, 5.41) is 4.46. The molecule has 4 heteroatoms. The maximum atomic E-state index is 13.5. The van der Waals surface area contributed by atoms with Crippen LogP contribution in [-0.2, 0) is 13.0 Å². The highest BCUT2D eigenvalue weighted by Crippen LogP contribution is 2.30. The number of nitrogens with one attached hydrogen (secondary N) is 1. The van der Waals surface area contributed by atoms with Crippen LogP contribution in [-0.4, -0.2) is 11.0 Å². The second kappa shape index (κ2) is 5.62. The predicted molar refractivity (Wildman–Crippen MR) is 81.5 cm³/mol. The van der Waals surface area contributed by atoms with Gasteiger partial charge in [-0.2, -0.15) is 0 Å². The topological polar surface area (TPSA) is 24.9 Å². The molecule has 1 N–H and O–H groups in total. The molecule has 2 nitrogen and oxygen atoms in total. The van der Waals surface area contributed by atoms with Crippen LogP contribution in [0.25, 0.3) is 10.6 Å². The highest BCUT2D eigenvalue weighted by Gasteiger charge is 2.21. The van der Waals surface area contributed by atoms with Crippen molar-refractivity contribution < 1.29 is 4.39 Å². The lowest BCUT2D eigenvalue weighted by Crippen LogP contribution is -2.15. The lowest BCUT2D eigenvalue weighted by molar-refractivity contribution is 0.627. The van der Waals surface area contributed by atoms with Gasteiger partial charge >= 0.3 is 0 Å². The van der Waals surface area contributed by atoms with Crippen LogP contribution < -0.4 is 5.32 Å². The summed E-state index contributed by atoms with van der Waals surface area (Å²) < 4.78 is 13.5. The molecule has 20 heavy (non-hydrogen) atoms. The summed E-state index contributed by atoms with van der Waals surface area (Å²) in [5.41, 5.74) is 2.96. The molecule has 1 aliphatic carbocycles. The van der Waals surface area contributed by atoms with Gasteiger partial charge in [-0.3, -0.25) is 0 Å². The first kappa shape index (κ1) is 13.7. The molecule has 1 fully saturated rings. The number of hydrogen-bond acceptors (Lipinski definition) is 3. The van der Waals surface area contributed by atoms with Crippen LogP contribution in [0.4, 0.5) is 4.39 Å². The number of benzene rings is 1. The average molecular weight is 290 g/mol. The molecule has 1 aromatic carbocycles. The molecule has 1 heterocycles. The van der Waals surface area contributed by atoms with Crippen molar-refractivity contribution >= 4 is 11.3 Å². The summed E-state index contributed by atoms with van der Waals surface area (Å²) in [4.78, 5) is 5.98. The number of nitrogens with zero attached hydrogens (tertiary/aromatic N) is 1. The minimum atomic E-state index is -0.189. The fourth-order valence-corrected chi connectivity index (χ4v) is 3.39. The Bertz CT molecular complexity index is 597. The number of aryl methyl sites for hydroxylation is 2. The lowest BCUT2D eigenvalue weighted by Gasteiger charge is -2.00. The van der Waals surface area contributed by atoms with Gasteiger partial charge < -0.3 is 5.32 Å². The number of halogens is 1. The molecule has 106 valence electrons. The van der Waals surface area contributed by atoms with E-state index < -0.39 is 0 Å². The lowest BCUT2D eigenvalue weighted by atomic mass is 10.1. The Balaban J connectivity index is 1.88. The summed E-state index contributed by atoms with van der Waals surface area (Å²) >= 11 is 1.68. The van der Waals surface area contributed by atoms with Gasteiger partial charge in [0.1, 0.15) is 10.8 Å². The Hall–Kier alpha value is -1.26. The quantitative estimate of drug-likeness (QED) is 0.898. The third-order valence-electron chi connectivity index (χ3n) is 3.53. The van der Waals surface area contributed by atoms with Gasteiger partial charge in [0.25, 0.3) is 0 Å². The van der Waals surface area contributed by atoms with Gasteiger partial charge in [0.15, 0.2) is 0 Å². The molecule has 0 aliphatic heterocycles. The molecule has 0 bridgehead atoms. The molecule has 1 aliphatic rings. The van der Waals surface area contributed by atoms with E-state index in [1.807, 2.05) is 13.0 Å². The molecule has 3 rings (SSSR count). The zero-order chi connectivity index (χ0) is 14.1. The van der Waals surface area contributed by atoms with Crippen molar-refractivity contribution in [3.8, 4) is 10.6 Å². The van der Waals surface area contributed by atoms with Crippen molar-refractivity contribution in [1.29, 1.82) is 0 Å². The highest BCUT2D eigenvalue weighted by atomic mass is 32.1. The van der Waals surface area contributed by atoms with Crippen molar-refractivity contribution in [3.63, 3.8) is 0 Å². The van der Waals surface area contributed by atoms with Crippen molar-refractivity contribution in [3.05, 3.63) is 40.2 Å². The Kier molecular flexibility index (Phi) is 3.85. The molecule has 1 aromatic heterocycles. The van der Waals surface area contributed by atoms with Gasteiger partial charge in [-0.25, -0.2) is 9.37 Å². The third-order valence-corrected chi connectivity index (χ3v) is 4.68. The second-order valence-electron chi connectivity index (χ2n) is 5.41. The first-order valence-electron chi connectivity index (χ1n) is 7.15. The van der Waals surface area contributed by atoms with E-state index in [9.17, 15) is 4.39 Å². The summed E-state index contributed by atoms with van der Waals surface area (Å²) in [5.74, 6) is -0.189. The monoisotopic (exact) mass is 290 g/mol. The first-order chi connectivity index (χ1) is 9.65. The van der Waals surface area contributed by atoms with E-state index in [0.717, 1.165) is 34.8 Å². The average Bonchev–Trinajstić information content (AvgIpc) is 3.14. The predicted octanol–water partition coefficient (Wildman–Crippen LogP) is 4.07. The second-order valence-corrected chi connectivity index (χ2v) is 6.50. The van der Waals surface area contributed by atoms with E-state index in [1.54, 1.807) is 23.5 Å². The number of rotatable bonds is 5. The van der Waals surface area contributed by atoms with Crippen LogP contribution in [0.5, 0.6) is 0 Å². The SMILES string of the molecule is CCc1nc(-c2cc(C)cc(F)c2)sc1CNC1CC1. The van der Waals surface area contributed by atoms with Crippen LogP contribution in [0.1, 0.15) is 35.9 Å². The molecule has 0 spiro atoms. The third kappa shape index (κ3) is 3.07. The van der Waals surface area contributed by atoms with Gasteiger partial charge in [0, 0.05) is 23.0 Å². The maximum absolute atomic E-state index is 13.5. The largest absolute Gasteiger partial charge is 0.309 e. The minimum Gasteiger partial charge on any atom is -0.309 e. The van der Waals surface area contributed by atoms with Gasteiger partial charge in [-0.1, -0.05) is 6.92 Å². The van der Waals surface area contributed by atoms with E-state index >= 15 is 0 Å². The number of hydrogen-bond donors (Lipinski definition) is 1. The Labute approximate surface area is 123 Å². The molecular weight excluding hydrogens is 271 g/mol. The van der Waals surface area contributed by atoms with E-state index in [1.165, 1.54) is 17.7 Å². The zero-order valence-corrected chi connectivity index (χ0v) is 12.7. The van der Waals surface area contributed by atoms with Crippen molar-refractivity contribution in [2.75, 3.05) is 0 Å². The number of aromatic nitrogens is 1. The summed E-state index contributed by atoms with van der Waals surface area (Å²) in [6.45, 7) is 4.92. The minimum absolute atomic E-state index is 0.189. The van der Waals surface area contributed by atoms with Crippen molar-refractivity contribution in [2.24, 2.45) is 0 Å². The number of thiazole rings is 1. The fourth-order valence-electron chi connectivity index (χ4n) is 2.31. The van der Waals surface area contributed by atoms with Crippen LogP contribution in [0.15, 0.2) is 18.2 Å². The molecular formula is C16H19FN2S. The molecule has 0 radical (unpaired) electrons. The summed E-state index contributed by atoms with van der Waals surface area (Å²) in [6, 6.07) is 5.82. The molecule has 1 saturated carbocycles. The van der Waals surface area contributed by atoms with Crippen LogP contribution in [0, 0.1) is 12.7 Å². The van der Waals surface area contributed by atoms with Crippen molar-refractivity contribution in [1.82, 2.24) is 10.3 Å². The van der Waals surface area contributed by atoms with Gasteiger partial charge in [-0.05, 0) is 49.9 Å². The Morgan fingerprint density at radius 1 is 1.35 bits per heavy atom. The summed E-state index contributed by atoms with van der Waals surface area (Å²) in [7, 11) is 0. The van der Waals surface area contributed by atoms with Gasteiger partial charge in [0.2, 0.25) is 0 Å². The molecule has 0 unspecified atom stereocenters. The van der Waals surface area contributed by atoms with Crippen LogP contribution in [0.2, 0.25) is 0 Å². The molecule has 0 saturated heterocycles. The van der Waals surface area contributed by atoms with Crippen LogP contribution >= 0.6 is 11.3 Å². The normalized spacial score (nSPS) is 14.8. The highest BCUT2D eigenvalue weighted by molar-refractivity contribution is 7.15. The molecule has 0 atom stereocenters. The molecule has 0 amide bonds. The van der Waals surface area contributed by atoms with Gasteiger partial charge in [0.05, 0.1) is 5.69 Å². The van der Waals surface area contributed by atoms with E-state index in [2.05, 4.69) is 12.2 Å². The Morgan fingerprint density at radius 2 is 2.15 bits per heavy atom. The summed E-state index contributed by atoms with van der Waals surface area (Å²) in [6.07, 6.45) is 3.50. The van der Waals surface area contributed by atoms with Crippen molar-refractivity contribution in [2.45, 2.75) is 45.7 Å². The van der Waals surface area contributed by atoms with E-state index in [-0.39, 0.29) is 5.82 Å². The fraction of sp³-hybridized carbons (Fsp3) is 0.438.